The summed E-state index contributed by atoms with van der Waals surface area (Å²) in [4.78, 5) is 33.4. The summed E-state index contributed by atoms with van der Waals surface area (Å²) in [5, 5.41) is 13.5. The number of aliphatic carboxylic acids is 1. The Hall–Kier alpha value is -1.44. The van der Waals surface area contributed by atoms with E-state index in [1.165, 1.54) is 11.8 Å². The molecule has 7 nitrogen and oxygen atoms in total. The van der Waals surface area contributed by atoms with Gasteiger partial charge >= 0.3 is 12.0 Å². The largest absolute Gasteiger partial charge is 0.480 e. The minimum absolute atomic E-state index is 0.271. The number of carboxylic acids is 1. The van der Waals surface area contributed by atoms with E-state index in [0.29, 0.717) is 12.2 Å². The van der Waals surface area contributed by atoms with Crippen LogP contribution in [0, 0.1) is 0 Å². The van der Waals surface area contributed by atoms with Gasteiger partial charge in [-0.2, -0.15) is 11.8 Å². The lowest BCUT2D eigenvalue weighted by Crippen LogP contribution is -2.52. The van der Waals surface area contributed by atoms with Gasteiger partial charge in [-0.1, -0.05) is 6.92 Å². The van der Waals surface area contributed by atoms with E-state index in [4.69, 9.17) is 10.8 Å². The van der Waals surface area contributed by atoms with E-state index in [2.05, 4.69) is 10.6 Å². The fraction of sp³-hybridized carbons (Fsp3) is 0.700. The zero-order valence-corrected chi connectivity index (χ0v) is 11.3. The second kappa shape index (κ2) is 8.62. The van der Waals surface area contributed by atoms with E-state index in [-0.39, 0.29) is 6.42 Å². The first kappa shape index (κ1) is 16.6. The van der Waals surface area contributed by atoms with Gasteiger partial charge in [-0.05, 0) is 24.9 Å². The monoisotopic (exact) mass is 277 g/mol. The molecule has 5 N–H and O–H groups in total. The van der Waals surface area contributed by atoms with Gasteiger partial charge in [0, 0.05) is 0 Å². The summed E-state index contributed by atoms with van der Waals surface area (Å²) < 4.78 is 0. The van der Waals surface area contributed by atoms with Crippen LogP contribution in [-0.4, -0.2) is 47.1 Å². The fourth-order valence-electron chi connectivity index (χ4n) is 1.29. The molecule has 0 radical (unpaired) electrons. The average molecular weight is 277 g/mol. The molecule has 1 unspecified atom stereocenters. The number of primary amides is 1. The highest BCUT2D eigenvalue weighted by Gasteiger charge is 2.24. The molecule has 2 atom stereocenters. The molecule has 0 heterocycles. The number of hydrogen-bond donors (Lipinski definition) is 4. The lowest BCUT2D eigenvalue weighted by Gasteiger charge is -2.19. The van der Waals surface area contributed by atoms with Crippen molar-refractivity contribution in [3.63, 3.8) is 0 Å². The molecule has 18 heavy (non-hydrogen) atoms. The Balaban J connectivity index is 4.52. The Kier molecular flexibility index (Phi) is 7.93. The summed E-state index contributed by atoms with van der Waals surface area (Å²) in [6.07, 6.45) is 2.53. The summed E-state index contributed by atoms with van der Waals surface area (Å²) in [5.41, 5.74) is 4.97. The molecule has 0 aromatic heterocycles. The zero-order valence-electron chi connectivity index (χ0n) is 10.4. The Morgan fingerprint density at radius 2 is 1.89 bits per heavy atom. The van der Waals surface area contributed by atoms with Gasteiger partial charge < -0.3 is 21.5 Å². The summed E-state index contributed by atoms with van der Waals surface area (Å²) in [7, 11) is 0. The van der Waals surface area contributed by atoms with Gasteiger partial charge in [0.2, 0.25) is 5.91 Å². The van der Waals surface area contributed by atoms with Crippen molar-refractivity contribution >= 4 is 29.7 Å². The number of nitrogens with two attached hydrogens (primary N) is 1. The number of hydrogen-bond acceptors (Lipinski definition) is 4. The Bertz CT molecular complexity index is 311. The van der Waals surface area contributed by atoms with Crippen LogP contribution in [0.15, 0.2) is 0 Å². The van der Waals surface area contributed by atoms with Crippen molar-refractivity contribution < 1.29 is 19.5 Å². The van der Waals surface area contributed by atoms with E-state index in [1.807, 2.05) is 6.26 Å². The minimum atomic E-state index is -1.10. The van der Waals surface area contributed by atoms with E-state index < -0.39 is 30.0 Å². The first-order valence-corrected chi connectivity index (χ1v) is 6.89. The molecule has 0 spiro atoms. The van der Waals surface area contributed by atoms with Crippen LogP contribution in [0.1, 0.15) is 19.8 Å². The third kappa shape index (κ3) is 6.33. The van der Waals surface area contributed by atoms with E-state index >= 15 is 0 Å². The van der Waals surface area contributed by atoms with Gasteiger partial charge in [-0.25, -0.2) is 9.59 Å². The standard InChI is InChI=1S/C10H19N3O4S/c1-3-6(9(15)16)12-8(14)7(4-5-18-2)13-10(11)17/h6-7H,3-5H2,1-2H3,(H,12,14)(H,15,16)(H3,11,13,17)/t6-,7?/m0/s1. The topological polar surface area (TPSA) is 122 Å². The van der Waals surface area contributed by atoms with Crippen molar-refractivity contribution in [2.24, 2.45) is 5.73 Å². The summed E-state index contributed by atoms with van der Waals surface area (Å²) >= 11 is 1.52. The SMILES string of the molecule is CC[C@H](NC(=O)C(CCSC)NC(N)=O)C(=O)O. The third-order valence-electron chi connectivity index (χ3n) is 2.27. The van der Waals surface area contributed by atoms with Gasteiger partial charge in [-0.3, -0.25) is 4.79 Å². The number of thioether (sulfide) groups is 1. The molecule has 3 amide bonds. The molecule has 0 aromatic carbocycles. The average Bonchev–Trinajstić information content (AvgIpc) is 2.30. The molecule has 0 aliphatic rings. The van der Waals surface area contributed by atoms with Crippen LogP contribution in [0.5, 0.6) is 0 Å². The lowest BCUT2D eigenvalue weighted by atomic mass is 10.1. The third-order valence-corrected chi connectivity index (χ3v) is 2.91. The van der Waals surface area contributed by atoms with Crippen LogP contribution in [0.4, 0.5) is 4.79 Å². The van der Waals surface area contributed by atoms with Crippen molar-refractivity contribution in [1.82, 2.24) is 10.6 Å². The summed E-state index contributed by atoms with van der Waals surface area (Å²) in [5.74, 6) is -0.979. The molecule has 0 saturated heterocycles. The number of nitrogens with one attached hydrogen (secondary N) is 2. The Labute approximate surface area is 110 Å². The number of urea groups is 1. The van der Waals surface area contributed by atoms with Gasteiger partial charge in [-0.15, -0.1) is 0 Å². The fourth-order valence-corrected chi connectivity index (χ4v) is 1.76. The Morgan fingerprint density at radius 3 is 2.28 bits per heavy atom. The molecular weight excluding hydrogens is 258 g/mol. The smallest absolute Gasteiger partial charge is 0.326 e. The number of amides is 3. The first-order chi connectivity index (χ1) is 8.42. The van der Waals surface area contributed by atoms with Crippen LogP contribution >= 0.6 is 11.8 Å². The summed E-state index contributed by atoms with van der Waals surface area (Å²) in [6.45, 7) is 1.65. The van der Waals surface area contributed by atoms with Crippen LogP contribution in [0.25, 0.3) is 0 Å². The molecule has 0 saturated carbocycles. The maximum absolute atomic E-state index is 11.8. The predicted octanol–water partition coefficient (Wildman–Crippen LogP) is -0.244. The van der Waals surface area contributed by atoms with Crippen molar-refractivity contribution in [3.8, 4) is 0 Å². The molecule has 0 aliphatic heterocycles. The number of rotatable bonds is 8. The van der Waals surface area contributed by atoms with Crippen LogP contribution in [-0.2, 0) is 9.59 Å². The summed E-state index contributed by atoms with van der Waals surface area (Å²) in [6, 6.07) is -2.56. The van der Waals surface area contributed by atoms with Gasteiger partial charge in [0.1, 0.15) is 12.1 Å². The second-order valence-corrected chi connectivity index (χ2v) is 4.64. The number of carboxylic acid groups (broad SMARTS) is 1. The van der Waals surface area contributed by atoms with E-state index in [9.17, 15) is 14.4 Å². The first-order valence-electron chi connectivity index (χ1n) is 5.50. The highest BCUT2D eigenvalue weighted by molar-refractivity contribution is 7.98. The molecule has 0 aromatic rings. The van der Waals surface area contributed by atoms with Crippen LogP contribution in [0.3, 0.4) is 0 Å². The maximum atomic E-state index is 11.8. The van der Waals surface area contributed by atoms with Crippen LogP contribution in [0.2, 0.25) is 0 Å². The molecule has 0 bridgehead atoms. The zero-order chi connectivity index (χ0) is 14.1. The predicted molar refractivity (Wildman–Crippen MR) is 69.4 cm³/mol. The van der Waals surface area contributed by atoms with Gasteiger partial charge in [0.05, 0.1) is 0 Å². The van der Waals surface area contributed by atoms with E-state index in [0.717, 1.165) is 0 Å². The second-order valence-electron chi connectivity index (χ2n) is 3.65. The molecule has 8 heteroatoms. The van der Waals surface area contributed by atoms with Crippen LogP contribution < -0.4 is 16.4 Å². The molecule has 0 aliphatic carbocycles. The van der Waals surface area contributed by atoms with Crippen molar-refractivity contribution in [1.29, 1.82) is 0 Å². The highest BCUT2D eigenvalue weighted by atomic mass is 32.2. The van der Waals surface area contributed by atoms with Crippen molar-refractivity contribution in [2.45, 2.75) is 31.8 Å². The molecule has 0 fully saturated rings. The number of carbonyl (C=O) groups is 3. The molecule has 0 rings (SSSR count). The minimum Gasteiger partial charge on any atom is -0.480 e. The van der Waals surface area contributed by atoms with Gasteiger partial charge in [0.25, 0.3) is 0 Å². The number of carbonyl (C=O) groups excluding carboxylic acids is 2. The maximum Gasteiger partial charge on any atom is 0.326 e. The van der Waals surface area contributed by atoms with Crippen molar-refractivity contribution in [2.75, 3.05) is 12.0 Å². The van der Waals surface area contributed by atoms with Crippen molar-refractivity contribution in [3.05, 3.63) is 0 Å². The lowest BCUT2D eigenvalue weighted by molar-refractivity contribution is -0.142. The quantitative estimate of drug-likeness (QED) is 0.487. The Morgan fingerprint density at radius 1 is 1.28 bits per heavy atom. The highest BCUT2D eigenvalue weighted by Crippen LogP contribution is 2.02. The molecule has 104 valence electrons. The van der Waals surface area contributed by atoms with Gasteiger partial charge in [0.15, 0.2) is 0 Å². The molecular formula is C10H19N3O4S. The normalized spacial score (nSPS) is 13.4. The van der Waals surface area contributed by atoms with E-state index in [1.54, 1.807) is 6.92 Å².